The lowest BCUT2D eigenvalue weighted by Crippen LogP contribution is -2.23. The Hall–Kier alpha value is -4.25. The van der Waals surface area contributed by atoms with E-state index in [1.54, 1.807) is 35.8 Å². The monoisotopic (exact) mass is 463 g/mol. The van der Waals surface area contributed by atoms with Gasteiger partial charge in [-0.15, -0.1) is 0 Å². The van der Waals surface area contributed by atoms with Gasteiger partial charge >= 0.3 is 5.97 Å². The summed E-state index contributed by atoms with van der Waals surface area (Å²) in [5.41, 5.74) is 6.15. The maximum absolute atomic E-state index is 13.9. The largest absolute Gasteiger partial charge is 0.466 e. The van der Waals surface area contributed by atoms with Gasteiger partial charge in [-0.25, -0.2) is 0 Å². The number of carbonyl (C=O) groups is 3. The normalized spacial score (nSPS) is 12.3. The number of aryl methyl sites for hydroxylation is 2. The summed E-state index contributed by atoms with van der Waals surface area (Å²) in [6.07, 6.45) is -0.0746. The Bertz CT molecular complexity index is 1370. The fourth-order valence-electron chi connectivity index (χ4n) is 4.72. The van der Waals surface area contributed by atoms with Crippen LogP contribution in [0.5, 0.6) is 0 Å². The molecule has 0 unspecified atom stereocenters. The molecular weight excluding hydrogens is 438 g/mol. The number of hydrogen-bond donors (Lipinski definition) is 0. The van der Waals surface area contributed by atoms with Gasteiger partial charge in [0.1, 0.15) is 5.69 Å². The summed E-state index contributed by atoms with van der Waals surface area (Å²) in [7, 11) is 0. The first-order chi connectivity index (χ1) is 16.9. The van der Waals surface area contributed by atoms with Crippen molar-refractivity contribution >= 4 is 17.5 Å². The van der Waals surface area contributed by atoms with Crippen molar-refractivity contribution in [3.8, 4) is 16.8 Å². The van der Waals surface area contributed by atoms with E-state index in [-0.39, 0.29) is 30.3 Å². The van der Waals surface area contributed by atoms with Gasteiger partial charge in [0.15, 0.2) is 5.78 Å². The van der Waals surface area contributed by atoms with E-state index in [1.165, 1.54) is 0 Å². The van der Waals surface area contributed by atoms with Gasteiger partial charge in [0.2, 0.25) is 5.78 Å². The second kappa shape index (κ2) is 8.84. The first-order valence-electron chi connectivity index (χ1n) is 11.7. The minimum absolute atomic E-state index is 0.0746. The summed E-state index contributed by atoms with van der Waals surface area (Å²) in [6.45, 7) is 5.97. The van der Waals surface area contributed by atoms with Crippen LogP contribution in [0.4, 0.5) is 0 Å². The highest BCUT2D eigenvalue weighted by atomic mass is 16.5. The maximum atomic E-state index is 13.9. The highest BCUT2D eigenvalue weighted by Gasteiger charge is 2.39. The standard InChI is InChI=1S/C30H25NO4/c1-4-35-25(32)17-24-26(20-13-9-18(2)10-14-20)27-28(31(24)21-15-11-19(3)12-16-21)30(34)23-8-6-5-7-22(23)29(27)33/h5-16H,4,17H2,1-3H3. The van der Waals surface area contributed by atoms with E-state index in [0.29, 0.717) is 33.6 Å². The highest BCUT2D eigenvalue weighted by Crippen LogP contribution is 2.41. The lowest BCUT2D eigenvalue weighted by atomic mass is 9.84. The zero-order chi connectivity index (χ0) is 24.7. The maximum Gasteiger partial charge on any atom is 0.311 e. The first-order valence-corrected chi connectivity index (χ1v) is 11.7. The van der Waals surface area contributed by atoms with E-state index in [2.05, 4.69) is 0 Å². The molecule has 5 nitrogen and oxygen atoms in total. The molecule has 4 aromatic rings. The van der Waals surface area contributed by atoms with Crippen LogP contribution in [0.15, 0.2) is 72.8 Å². The summed E-state index contributed by atoms with van der Waals surface area (Å²) in [4.78, 5) is 40.6. The zero-order valence-corrected chi connectivity index (χ0v) is 19.9. The first kappa shape index (κ1) is 22.5. The van der Waals surface area contributed by atoms with Gasteiger partial charge in [-0.3, -0.25) is 14.4 Å². The van der Waals surface area contributed by atoms with E-state index < -0.39 is 5.97 Å². The molecule has 5 rings (SSSR count). The van der Waals surface area contributed by atoms with Gasteiger partial charge in [0.05, 0.1) is 18.6 Å². The van der Waals surface area contributed by atoms with Crippen molar-refractivity contribution in [3.05, 3.63) is 112 Å². The van der Waals surface area contributed by atoms with Crippen LogP contribution in [0.25, 0.3) is 16.8 Å². The fraction of sp³-hybridized carbons (Fsp3) is 0.167. The molecule has 1 heterocycles. The quantitative estimate of drug-likeness (QED) is 0.316. The van der Waals surface area contributed by atoms with E-state index >= 15 is 0 Å². The summed E-state index contributed by atoms with van der Waals surface area (Å²) in [5, 5.41) is 0. The number of esters is 1. The molecule has 0 aliphatic heterocycles. The average molecular weight is 464 g/mol. The highest BCUT2D eigenvalue weighted by molar-refractivity contribution is 6.30. The minimum Gasteiger partial charge on any atom is -0.466 e. The Morgan fingerprint density at radius 3 is 1.94 bits per heavy atom. The van der Waals surface area contributed by atoms with Crippen molar-refractivity contribution in [2.24, 2.45) is 0 Å². The van der Waals surface area contributed by atoms with Crippen LogP contribution in [0.3, 0.4) is 0 Å². The average Bonchev–Trinajstić information content (AvgIpc) is 3.18. The summed E-state index contributed by atoms with van der Waals surface area (Å²) < 4.78 is 7.07. The molecule has 5 heteroatoms. The number of hydrogen-bond acceptors (Lipinski definition) is 4. The second-order valence-electron chi connectivity index (χ2n) is 8.77. The Balaban J connectivity index is 1.89. The second-order valence-corrected chi connectivity index (χ2v) is 8.77. The number of carbonyl (C=O) groups excluding carboxylic acids is 3. The lowest BCUT2D eigenvalue weighted by molar-refractivity contribution is -0.142. The number of ketones is 2. The zero-order valence-electron chi connectivity index (χ0n) is 19.9. The topological polar surface area (TPSA) is 65.4 Å². The van der Waals surface area contributed by atoms with Crippen LogP contribution in [0, 0.1) is 13.8 Å². The molecule has 0 N–H and O–H groups in total. The molecule has 0 atom stereocenters. The van der Waals surface area contributed by atoms with E-state index in [1.807, 2.05) is 62.4 Å². The number of aromatic nitrogens is 1. The molecular formula is C30H25NO4. The van der Waals surface area contributed by atoms with Crippen LogP contribution in [-0.2, 0) is 16.0 Å². The van der Waals surface area contributed by atoms with Crippen LogP contribution >= 0.6 is 0 Å². The lowest BCUT2D eigenvalue weighted by Gasteiger charge is -2.18. The van der Waals surface area contributed by atoms with Crippen LogP contribution in [0.2, 0.25) is 0 Å². The molecule has 3 aromatic carbocycles. The van der Waals surface area contributed by atoms with Gasteiger partial charge in [-0.05, 0) is 38.5 Å². The third kappa shape index (κ3) is 3.79. The number of rotatable bonds is 5. The van der Waals surface area contributed by atoms with E-state index in [4.69, 9.17) is 4.74 Å². The molecule has 0 saturated carbocycles. The van der Waals surface area contributed by atoms with Gasteiger partial charge < -0.3 is 9.30 Å². The summed E-state index contributed by atoms with van der Waals surface area (Å²) >= 11 is 0. The molecule has 0 fully saturated rings. The molecule has 174 valence electrons. The summed E-state index contributed by atoms with van der Waals surface area (Å²) in [5.74, 6) is -0.873. The number of nitrogens with zero attached hydrogens (tertiary/aromatic N) is 1. The van der Waals surface area contributed by atoms with Crippen molar-refractivity contribution in [1.29, 1.82) is 0 Å². The molecule has 0 spiro atoms. The van der Waals surface area contributed by atoms with Gasteiger partial charge in [0, 0.05) is 28.1 Å². The summed E-state index contributed by atoms with van der Waals surface area (Å²) in [6, 6.07) is 22.4. The molecule has 1 aromatic heterocycles. The van der Waals surface area contributed by atoms with Crippen molar-refractivity contribution in [3.63, 3.8) is 0 Å². The Morgan fingerprint density at radius 1 is 0.771 bits per heavy atom. The number of benzene rings is 3. The fourth-order valence-corrected chi connectivity index (χ4v) is 4.72. The van der Waals surface area contributed by atoms with Crippen molar-refractivity contribution in [2.45, 2.75) is 27.2 Å². The van der Waals surface area contributed by atoms with Crippen LogP contribution < -0.4 is 0 Å². The van der Waals surface area contributed by atoms with Crippen molar-refractivity contribution in [1.82, 2.24) is 4.57 Å². The third-order valence-corrected chi connectivity index (χ3v) is 6.38. The molecule has 0 bridgehead atoms. The Kier molecular flexibility index (Phi) is 5.69. The van der Waals surface area contributed by atoms with Gasteiger partial charge in [-0.1, -0.05) is 71.8 Å². The SMILES string of the molecule is CCOC(=O)Cc1c(-c2ccc(C)cc2)c2c(n1-c1ccc(C)cc1)C(=O)c1ccccc1C2=O. The molecule has 1 aliphatic carbocycles. The minimum atomic E-state index is -0.415. The molecule has 0 radical (unpaired) electrons. The van der Waals surface area contributed by atoms with E-state index in [9.17, 15) is 14.4 Å². The van der Waals surface area contributed by atoms with Crippen LogP contribution in [0.1, 0.15) is 55.7 Å². The van der Waals surface area contributed by atoms with Gasteiger partial charge in [-0.2, -0.15) is 0 Å². The van der Waals surface area contributed by atoms with Crippen LogP contribution in [-0.4, -0.2) is 28.7 Å². The van der Waals surface area contributed by atoms with Gasteiger partial charge in [0.25, 0.3) is 0 Å². The number of fused-ring (bicyclic) bond motifs is 2. The van der Waals surface area contributed by atoms with Crippen molar-refractivity contribution in [2.75, 3.05) is 6.61 Å². The van der Waals surface area contributed by atoms with E-state index in [0.717, 1.165) is 16.7 Å². The third-order valence-electron chi connectivity index (χ3n) is 6.38. The molecule has 0 saturated heterocycles. The molecule has 1 aliphatic rings. The predicted molar refractivity (Wildman–Crippen MR) is 134 cm³/mol. The number of ether oxygens (including phenoxy) is 1. The molecule has 0 amide bonds. The smallest absolute Gasteiger partial charge is 0.311 e. The molecule has 35 heavy (non-hydrogen) atoms. The van der Waals surface area contributed by atoms with Crippen molar-refractivity contribution < 1.29 is 19.1 Å². The Morgan fingerprint density at radius 2 is 1.34 bits per heavy atom. The Labute approximate surface area is 204 Å². The predicted octanol–water partition coefficient (Wildman–Crippen LogP) is 5.64.